The van der Waals surface area contributed by atoms with Crippen molar-refractivity contribution in [3.8, 4) is 11.5 Å². The quantitative estimate of drug-likeness (QED) is 0.205. The fourth-order valence-corrected chi connectivity index (χ4v) is 4.48. The molecule has 3 amide bonds. The van der Waals surface area contributed by atoms with Crippen molar-refractivity contribution in [3.63, 3.8) is 0 Å². The highest BCUT2D eigenvalue weighted by molar-refractivity contribution is 5.98. The number of epoxide rings is 1. The molecule has 232 valence electrons. The Morgan fingerprint density at radius 2 is 1.39 bits per heavy atom. The van der Waals surface area contributed by atoms with Crippen LogP contribution >= 0.6 is 0 Å². The van der Waals surface area contributed by atoms with Crippen molar-refractivity contribution in [2.24, 2.45) is 0 Å². The predicted molar refractivity (Wildman–Crippen MR) is 161 cm³/mol. The first kappa shape index (κ1) is 32.0. The number of benzene rings is 3. The number of amides is 3. The molecule has 0 bridgehead atoms. The summed E-state index contributed by atoms with van der Waals surface area (Å²) in [6, 6.07) is 19.4. The number of ether oxygens (including phenoxy) is 3. The number of hydrogen-bond donors (Lipinski definition) is 4. The van der Waals surface area contributed by atoms with Crippen molar-refractivity contribution in [1.82, 2.24) is 16.0 Å². The molecule has 0 aliphatic carbocycles. The topological polar surface area (TPSA) is 156 Å². The Kier molecular flexibility index (Phi) is 10.6. The van der Waals surface area contributed by atoms with Gasteiger partial charge in [0.15, 0.2) is 5.78 Å². The van der Waals surface area contributed by atoms with Crippen LogP contribution in [-0.4, -0.2) is 66.2 Å². The van der Waals surface area contributed by atoms with Crippen LogP contribution in [0.15, 0.2) is 78.9 Å². The van der Waals surface area contributed by atoms with Crippen molar-refractivity contribution in [3.05, 3.63) is 95.6 Å². The van der Waals surface area contributed by atoms with Crippen LogP contribution in [-0.2, 0) is 43.3 Å². The Morgan fingerprint density at radius 1 is 0.818 bits per heavy atom. The number of alkyl carbamates (subject to hydrolysis) is 1. The Bertz CT molecular complexity index is 1440. The zero-order valence-corrected chi connectivity index (χ0v) is 24.9. The van der Waals surface area contributed by atoms with E-state index in [4.69, 9.17) is 14.2 Å². The molecule has 4 rings (SSSR count). The maximum atomic E-state index is 13.7. The third-order valence-electron chi connectivity index (χ3n) is 7.28. The minimum atomic E-state index is -1.09. The van der Waals surface area contributed by atoms with E-state index in [9.17, 15) is 24.3 Å². The van der Waals surface area contributed by atoms with Crippen molar-refractivity contribution in [1.29, 1.82) is 0 Å². The summed E-state index contributed by atoms with van der Waals surface area (Å²) in [4.78, 5) is 52.6. The van der Waals surface area contributed by atoms with E-state index < -0.39 is 41.6 Å². The third kappa shape index (κ3) is 9.05. The number of carbonyl (C=O) groups is 4. The zero-order valence-electron chi connectivity index (χ0n) is 24.9. The maximum absolute atomic E-state index is 13.7. The molecule has 4 atom stereocenters. The lowest BCUT2D eigenvalue weighted by atomic mass is 9.94. The van der Waals surface area contributed by atoms with Gasteiger partial charge in [0.2, 0.25) is 11.8 Å². The van der Waals surface area contributed by atoms with Gasteiger partial charge in [-0.15, -0.1) is 0 Å². The second-order valence-electron chi connectivity index (χ2n) is 10.9. The highest BCUT2D eigenvalue weighted by atomic mass is 16.6. The molecule has 1 aliphatic rings. The second kappa shape index (κ2) is 14.5. The van der Waals surface area contributed by atoms with Gasteiger partial charge in [-0.05, 0) is 61.2 Å². The molecule has 0 saturated carbocycles. The summed E-state index contributed by atoms with van der Waals surface area (Å²) in [5.41, 5.74) is 1.22. The molecule has 11 heteroatoms. The third-order valence-corrected chi connectivity index (χ3v) is 7.28. The van der Waals surface area contributed by atoms with Crippen LogP contribution in [0.25, 0.3) is 0 Å². The average molecular weight is 604 g/mol. The number of methoxy groups -OCH3 is 1. The molecule has 0 aromatic heterocycles. The lowest BCUT2D eigenvalue weighted by molar-refractivity contribution is -0.133. The molecule has 0 spiro atoms. The molecule has 1 aliphatic heterocycles. The van der Waals surface area contributed by atoms with E-state index in [1.807, 2.05) is 18.2 Å². The van der Waals surface area contributed by atoms with E-state index in [0.717, 1.165) is 11.1 Å². The molecular weight excluding hydrogens is 566 g/mol. The summed E-state index contributed by atoms with van der Waals surface area (Å²) < 4.78 is 15.8. The SMILES string of the molecule is COc1ccc(CC(NC(=O)C(C)NC(=O)OCc2ccccc2)C(=O)NC(Cc2ccc(O)cc2)C(=O)C2(C)CO2)cc1. The lowest BCUT2D eigenvalue weighted by Crippen LogP contribution is -2.57. The number of aromatic hydroxyl groups is 1. The number of phenolic OH excluding ortho intramolecular Hbond substituents is 1. The van der Waals surface area contributed by atoms with Gasteiger partial charge in [0.1, 0.15) is 35.8 Å². The van der Waals surface area contributed by atoms with E-state index >= 15 is 0 Å². The summed E-state index contributed by atoms with van der Waals surface area (Å²) in [5, 5.41) is 17.7. The summed E-state index contributed by atoms with van der Waals surface area (Å²) in [5.74, 6) is -0.803. The monoisotopic (exact) mass is 603 g/mol. The normalized spacial score (nSPS) is 17.3. The largest absolute Gasteiger partial charge is 0.508 e. The lowest BCUT2D eigenvalue weighted by Gasteiger charge is -2.25. The van der Waals surface area contributed by atoms with Crippen LogP contribution < -0.4 is 20.7 Å². The van der Waals surface area contributed by atoms with Gasteiger partial charge in [0.25, 0.3) is 0 Å². The van der Waals surface area contributed by atoms with Gasteiger partial charge in [-0.3, -0.25) is 14.4 Å². The summed E-state index contributed by atoms with van der Waals surface area (Å²) in [6.45, 7) is 3.40. The van der Waals surface area contributed by atoms with Crippen molar-refractivity contribution < 1.29 is 38.5 Å². The number of phenols is 1. The minimum Gasteiger partial charge on any atom is -0.508 e. The molecule has 44 heavy (non-hydrogen) atoms. The number of nitrogens with one attached hydrogen (secondary N) is 3. The molecule has 4 N–H and O–H groups in total. The first-order chi connectivity index (χ1) is 21.1. The van der Waals surface area contributed by atoms with Gasteiger partial charge in [-0.2, -0.15) is 0 Å². The Labute approximate surface area is 255 Å². The molecule has 1 saturated heterocycles. The van der Waals surface area contributed by atoms with Gasteiger partial charge < -0.3 is 35.3 Å². The second-order valence-corrected chi connectivity index (χ2v) is 10.9. The molecule has 4 unspecified atom stereocenters. The first-order valence-corrected chi connectivity index (χ1v) is 14.2. The zero-order chi connectivity index (χ0) is 31.7. The molecule has 1 fully saturated rings. The molecule has 3 aromatic carbocycles. The van der Waals surface area contributed by atoms with E-state index in [1.54, 1.807) is 62.6 Å². The Balaban J connectivity index is 1.46. The minimum absolute atomic E-state index is 0.0304. The van der Waals surface area contributed by atoms with Crippen molar-refractivity contribution >= 4 is 23.7 Å². The summed E-state index contributed by atoms with van der Waals surface area (Å²) in [6.07, 6.45) is -0.538. The standard InChI is InChI=1S/C33H37N3O8/c1-21(34-32(41)43-19-24-7-5-4-6-8-24)30(39)36-28(18-23-11-15-26(42-3)16-12-23)31(40)35-27(29(38)33(2)20-44-33)17-22-9-13-25(37)14-10-22/h4-16,21,27-28,37H,17-20H2,1-3H3,(H,34,41)(H,35,40)(H,36,39). The average Bonchev–Trinajstić information content (AvgIpc) is 3.79. The number of ketones is 1. The number of hydrogen-bond acceptors (Lipinski definition) is 8. The van der Waals surface area contributed by atoms with Crippen molar-refractivity contribution in [2.45, 2.75) is 57.0 Å². The van der Waals surface area contributed by atoms with Crippen LogP contribution in [0.5, 0.6) is 11.5 Å². The number of rotatable bonds is 14. The van der Waals surface area contributed by atoms with Gasteiger partial charge in [0, 0.05) is 6.42 Å². The predicted octanol–water partition coefficient (Wildman–Crippen LogP) is 2.83. The summed E-state index contributed by atoms with van der Waals surface area (Å²) in [7, 11) is 1.54. The van der Waals surface area contributed by atoms with Gasteiger partial charge in [-0.1, -0.05) is 54.6 Å². The van der Waals surface area contributed by atoms with E-state index in [0.29, 0.717) is 11.3 Å². The van der Waals surface area contributed by atoms with Gasteiger partial charge >= 0.3 is 6.09 Å². The van der Waals surface area contributed by atoms with E-state index in [-0.39, 0.29) is 37.6 Å². The van der Waals surface area contributed by atoms with E-state index in [1.165, 1.54) is 19.1 Å². The van der Waals surface area contributed by atoms with Crippen LogP contribution in [0, 0.1) is 0 Å². The first-order valence-electron chi connectivity index (χ1n) is 14.2. The molecular formula is C33H37N3O8. The van der Waals surface area contributed by atoms with Crippen LogP contribution in [0.3, 0.4) is 0 Å². The Morgan fingerprint density at radius 3 is 1.98 bits per heavy atom. The smallest absolute Gasteiger partial charge is 0.408 e. The van der Waals surface area contributed by atoms with Crippen molar-refractivity contribution in [2.75, 3.05) is 13.7 Å². The Hall–Kier alpha value is -4.90. The van der Waals surface area contributed by atoms with Gasteiger partial charge in [-0.25, -0.2) is 4.79 Å². The van der Waals surface area contributed by atoms with Crippen LogP contribution in [0.1, 0.15) is 30.5 Å². The van der Waals surface area contributed by atoms with Crippen LogP contribution in [0.2, 0.25) is 0 Å². The maximum Gasteiger partial charge on any atom is 0.408 e. The molecule has 3 aromatic rings. The highest BCUT2D eigenvalue weighted by Gasteiger charge is 2.50. The molecule has 0 radical (unpaired) electrons. The van der Waals surface area contributed by atoms with Gasteiger partial charge in [0.05, 0.1) is 19.8 Å². The molecule has 11 nitrogen and oxygen atoms in total. The number of Topliss-reactive ketones (excluding diaryl/α,β-unsaturated/α-hetero) is 1. The number of carbonyl (C=O) groups excluding carboxylic acids is 4. The fraction of sp³-hybridized carbons (Fsp3) is 0.333. The fourth-order valence-electron chi connectivity index (χ4n) is 4.48. The molecule has 1 heterocycles. The van der Waals surface area contributed by atoms with Crippen LogP contribution in [0.4, 0.5) is 4.79 Å². The summed E-state index contributed by atoms with van der Waals surface area (Å²) >= 11 is 0. The van der Waals surface area contributed by atoms with E-state index in [2.05, 4.69) is 16.0 Å². The highest BCUT2D eigenvalue weighted by Crippen LogP contribution is 2.29.